The molecule has 8 heteroatoms. The van der Waals surface area contributed by atoms with Crippen molar-refractivity contribution < 1.29 is 17.6 Å². The van der Waals surface area contributed by atoms with E-state index >= 15 is 0 Å². The van der Waals surface area contributed by atoms with Gasteiger partial charge in [0.25, 0.3) is 0 Å². The van der Waals surface area contributed by atoms with E-state index in [4.69, 9.17) is 11.6 Å². The Balaban J connectivity index is 2.04. The summed E-state index contributed by atoms with van der Waals surface area (Å²) in [5.74, 6) is -0.835. The number of carbonyl (C=O) groups is 1. The zero-order valence-corrected chi connectivity index (χ0v) is 16.1. The smallest absolute Gasteiger partial charge is 0.225 e. The SMILES string of the molecule is Cc1c(Cl)cccc1NC(=O)CCN(Cc1ccccc1F)S(C)(=O)=O. The van der Waals surface area contributed by atoms with Gasteiger partial charge in [0.15, 0.2) is 0 Å². The Morgan fingerprint density at radius 1 is 1.19 bits per heavy atom. The van der Waals surface area contributed by atoms with Gasteiger partial charge in [0.05, 0.1) is 6.26 Å². The van der Waals surface area contributed by atoms with Gasteiger partial charge in [0.2, 0.25) is 15.9 Å². The van der Waals surface area contributed by atoms with Crippen LogP contribution in [0, 0.1) is 12.7 Å². The summed E-state index contributed by atoms with van der Waals surface area (Å²) in [6.07, 6.45) is 0.973. The van der Waals surface area contributed by atoms with Crippen LogP contribution in [0.1, 0.15) is 17.5 Å². The van der Waals surface area contributed by atoms with Crippen LogP contribution in [0.25, 0.3) is 0 Å². The Morgan fingerprint density at radius 3 is 2.54 bits per heavy atom. The summed E-state index contributed by atoms with van der Waals surface area (Å²) in [5.41, 5.74) is 1.56. The highest BCUT2D eigenvalue weighted by Gasteiger charge is 2.20. The van der Waals surface area contributed by atoms with E-state index in [1.54, 1.807) is 31.2 Å². The van der Waals surface area contributed by atoms with Crippen molar-refractivity contribution in [3.63, 3.8) is 0 Å². The van der Waals surface area contributed by atoms with Gasteiger partial charge in [-0.3, -0.25) is 4.79 Å². The number of rotatable bonds is 7. The van der Waals surface area contributed by atoms with Crippen LogP contribution in [0.4, 0.5) is 10.1 Å². The Morgan fingerprint density at radius 2 is 1.88 bits per heavy atom. The molecule has 0 bridgehead atoms. The van der Waals surface area contributed by atoms with Crippen molar-refractivity contribution in [2.75, 3.05) is 18.1 Å². The minimum Gasteiger partial charge on any atom is -0.326 e. The fourth-order valence-electron chi connectivity index (χ4n) is 2.36. The van der Waals surface area contributed by atoms with Gasteiger partial charge in [-0.2, -0.15) is 4.31 Å². The summed E-state index contributed by atoms with van der Waals surface area (Å²) in [6, 6.07) is 11.1. The predicted molar refractivity (Wildman–Crippen MR) is 101 cm³/mol. The van der Waals surface area contributed by atoms with E-state index in [-0.39, 0.29) is 31.0 Å². The summed E-state index contributed by atoms with van der Waals surface area (Å²) < 4.78 is 38.8. The van der Waals surface area contributed by atoms with E-state index in [1.165, 1.54) is 18.2 Å². The van der Waals surface area contributed by atoms with Crippen LogP contribution in [0.15, 0.2) is 42.5 Å². The van der Waals surface area contributed by atoms with Crippen molar-refractivity contribution in [1.82, 2.24) is 4.31 Å². The molecular weight excluding hydrogens is 379 g/mol. The van der Waals surface area contributed by atoms with Crippen LogP contribution < -0.4 is 5.32 Å². The maximum atomic E-state index is 13.8. The molecule has 140 valence electrons. The minimum atomic E-state index is -3.60. The van der Waals surface area contributed by atoms with Crippen LogP contribution in [-0.2, 0) is 21.4 Å². The lowest BCUT2D eigenvalue weighted by atomic mass is 10.2. The normalized spacial score (nSPS) is 11.6. The highest BCUT2D eigenvalue weighted by Crippen LogP contribution is 2.23. The van der Waals surface area contributed by atoms with E-state index in [2.05, 4.69) is 5.32 Å². The van der Waals surface area contributed by atoms with Gasteiger partial charge in [-0.05, 0) is 30.7 Å². The number of sulfonamides is 1. The maximum absolute atomic E-state index is 13.8. The molecule has 0 spiro atoms. The largest absolute Gasteiger partial charge is 0.326 e. The first kappa shape index (κ1) is 20.4. The first-order chi connectivity index (χ1) is 12.2. The molecule has 0 radical (unpaired) electrons. The number of carbonyl (C=O) groups excluding carboxylic acids is 1. The van der Waals surface area contributed by atoms with Gasteiger partial charge in [0, 0.05) is 35.8 Å². The molecule has 0 aliphatic carbocycles. The topological polar surface area (TPSA) is 66.5 Å². The number of anilines is 1. The third-order valence-corrected chi connectivity index (χ3v) is 5.56. The molecule has 2 aromatic carbocycles. The Hall–Kier alpha value is -1.96. The molecule has 5 nitrogen and oxygen atoms in total. The molecule has 0 aliphatic rings. The molecule has 0 fully saturated rings. The summed E-state index contributed by atoms with van der Waals surface area (Å²) >= 11 is 6.02. The fraction of sp³-hybridized carbons (Fsp3) is 0.278. The number of halogens is 2. The van der Waals surface area contributed by atoms with Crippen molar-refractivity contribution in [2.24, 2.45) is 0 Å². The second-order valence-corrected chi connectivity index (χ2v) is 8.29. The predicted octanol–water partition coefficient (Wildman–Crippen LogP) is 3.58. The zero-order chi connectivity index (χ0) is 19.3. The van der Waals surface area contributed by atoms with Gasteiger partial charge in [-0.1, -0.05) is 35.9 Å². The first-order valence-corrected chi connectivity index (χ1v) is 10.1. The van der Waals surface area contributed by atoms with E-state index in [1.807, 2.05) is 0 Å². The van der Waals surface area contributed by atoms with E-state index in [0.29, 0.717) is 10.7 Å². The van der Waals surface area contributed by atoms with Crippen molar-refractivity contribution in [3.05, 3.63) is 64.4 Å². The molecule has 1 amide bonds. The molecule has 0 saturated carbocycles. The summed E-state index contributed by atoms with van der Waals surface area (Å²) in [7, 11) is -3.60. The van der Waals surface area contributed by atoms with Crippen molar-refractivity contribution in [3.8, 4) is 0 Å². The second kappa shape index (κ2) is 8.62. The molecule has 1 N–H and O–H groups in total. The summed E-state index contributed by atoms with van der Waals surface area (Å²) in [6.45, 7) is 1.59. The summed E-state index contributed by atoms with van der Waals surface area (Å²) in [4.78, 5) is 12.2. The van der Waals surface area contributed by atoms with Gasteiger partial charge in [-0.25, -0.2) is 12.8 Å². The molecule has 26 heavy (non-hydrogen) atoms. The number of nitrogens with one attached hydrogen (secondary N) is 1. The number of benzene rings is 2. The number of hydrogen-bond donors (Lipinski definition) is 1. The molecule has 0 heterocycles. The lowest BCUT2D eigenvalue weighted by Gasteiger charge is -2.20. The van der Waals surface area contributed by atoms with Crippen LogP contribution in [0.3, 0.4) is 0 Å². The van der Waals surface area contributed by atoms with Crippen LogP contribution in [0.2, 0.25) is 5.02 Å². The average molecular weight is 399 g/mol. The Bertz CT molecular complexity index is 903. The van der Waals surface area contributed by atoms with Crippen LogP contribution in [-0.4, -0.2) is 31.4 Å². The van der Waals surface area contributed by atoms with Crippen molar-refractivity contribution in [2.45, 2.75) is 19.9 Å². The Kier molecular flexibility index (Phi) is 6.75. The lowest BCUT2D eigenvalue weighted by molar-refractivity contribution is -0.116. The molecule has 0 aromatic heterocycles. The minimum absolute atomic E-state index is 0.0569. The van der Waals surface area contributed by atoms with Gasteiger partial charge >= 0.3 is 0 Å². The number of hydrogen-bond acceptors (Lipinski definition) is 3. The third-order valence-electron chi connectivity index (χ3n) is 3.90. The highest BCUT2D eigenvalue weighted by atomic mass is 35.5. The molecule has 0 unspecified atom stereocenters. The van der Waals surface area contributed by atoms with Crippen molar-refractivity contribution >= 4 is 33.2 Å². The molecule has 0 atom stereocenters. The molecule has 0 saturated heterocycles. The average Bonchev–Trinajstić information content (AvgIpc) is 2.56. The zero-order valence-electron chi connectivity index (χ0n) is 14.5. The fourth-order valence-corrected chi connectivity index (χ4v) is 3.33. The molecular formula is C18H20ClFN2O3S. The third kappa shape index (κ3) is 5.52. The van der Waals surface area contributed by atoms with Crippen LogP contribution >= 0.6 is 11.6 Å². The molecule has 2 rings (SSSR count). The van der Waals surface area contributed by atoms with Crippen LogP contribution in [0.5, 0.6) is 0 Å². The highest BCUT2D eigenvalue weighted by molar-refractivity contribution is 7.88. The van der Waals surface area contributed by atoms with E-state index in [9.17, 15) is 17.6 Å². The Labute approximate surface area is 157 Å². The summed E-state index contributed by atoms with van der Waals surface area (Å²) in [5, 5.41) is 3.24. The maximum Gasteiger partial charge on any atom is 0.225 e. The van der Waals surface area contributed by atoms with Crippen molar-refractivity contribution in [1.29, 1.82) is 0 Å². The van der Waals surface area contributed by atoms with Gasteiger partial charge < -0.3 is 5.32 Å². The number of amides is 1. The second-order valence-electron chi connectivity index (χ2n) is 5.90. The quantitative estimate of drug-likeness (QED) is 0.775. The van der Waals surface area contributed by atoms with E-state index in [0.717, 1.165) is 16.1 Å². The molecule has 2 aromatic rings. The number of nitrogens with zero attached hydrogens (tertiary/aromatic N) is 1. The van der Waals surface area contributed by atoms with E-state index < -0.39 is 15.8 Å². The monoisotopic (exact) mass is 398 g/mol. The lowest BCUT2D eigenvalue weighted by Crippen LogP contribution is -2.33. The van der Waals surface area contributed by atoms with Gasteiger partial charge in [-0.15, -0.1) is 0 Å². The molecule has 0 aliphatic heterocycles. The standard InChI is InChI=1S/C18H20ClFN2O3S/c1-13-15(19)7-5-9-17(13)21-18(23)10-11-22(26(2,24)25)12-14-6-3-4-8-16(14)20/h3-9H,10-12H2,1-2H3,(H,21,23). The van der Waals surface area contributed by atoms with Gasteiger partial charge in [0.1, 0.15) is 5.82 Å². The first-order valence-electron chi connectivity index (χ1n) is 7.92.